The summed E-state index contributed by atoms with van der Waals surface area (Å²) in [5.74, 6) is -0.442. The molecule has 3 fully saturated rings. The van der Waals surface area contributed by atoms with Crippen molar-refractivity contribution in [2.45, 2.75) is 56.6 Å². The van der Waals surface area contributed by atoms with Crippen LogP contribution in [0.4, 0.5) is 4.79 Å². The summed E-state index contributed by atoms with van der Waals surface area (Å²) in [4.78, 5) is 28.0. The van der Waals surface area contributed by atoms with E-state index in [1.807, 2.05) is 26.8 Å². The second kappa shape index (κ2) is 4.94. The van der Waals surface area contributed by atoms with Gasteiger partial charge in [-0.25, -0.2) is 9.78 Å². The first kappa shape index (κ1) is 16.3. The third kappa shape index (κ3) is 2.66. The number of rotatable bonds is 3. The minimum Gasteiger partial charge on any atom is -0.444 e. The first-order valence-electron chi connectivity index (χ1n) is 8.32. The van der Waals surface area contributed by atoms with E-state index in [4.69, 9.17) is 15.5 Å². The van der Waals surface area contributed by atoms with Gasteiger partial charge in [-0.1, -0.05) is 0 Å². The molecule has 6 nitrogen and oxygen atoms in total. The Balaban J connectivity index is 1.47. The van der Waals surface area contributed by atoms with Crippen LogP contribution in [0.2, 0.25) is 0 Å². The summed E-state index contributed by atoms with van der Waals surface area (Å²) in [5, 5.41) is 4.10. The van der Waals surface area contributed by atoms with E-state index in [-0.39, 0.29) is 17.0 Å². The van der Waals surface area contributed by atoms with E-state index in [1.165, 1.54) is 0 Å². The molecule has 0 saturated heterocycles. The van der Waals surface area contributed by atoms with Gasteiger partial charge in [0.2, 0.25) is 5.91 Å². The molecule has 0 unspecified atom stereocenters. The number of amides is 2. The summed E-state index contributed by atoms with van der Waals surface area (Å²) >= 11 is 1.66. The largest absolute Gasteiger partial charge is 0.444 e. The van der Waals surface area contributed by atoms with Crippen LogP contribution in [0.5, 0.6) is 0 Å². The fourth-order valence-electron chi connectivity index (χ4n) is 3.97. The Morgan fingerprint density at radius 3 is 2.56 bits per heavy atom. The third-order valence-corrected chi connectivity index (χ3v) is 6.20. The van der Waals surface area contributed by atoms with E-state index in [1.54, 1.807) is 23.5 Å². The van der Waals surface area contributed by atoms with Gasteiger partial charge in [-0.15, -0.1) is 11.3 Å². The van der Waals surface area contributed by atoms with Crippen LogP contribution in [-0.2, 0) is 10.2 Å². The van der Waals surface area contributed by atoms with Gasteiger partial charge in [-0.2, -0.15) is 0 Å². The highest BCUT2D eigenvalue weighted by Crippen LogP contribution is 2.68. The third-order valence-electron chi connectivity index (χ3n) is 4.92. The second-order valence-electron chi connectivity index (χ2n) is 8.28. The van der Waals surface area contributed by atoms with E-state index >= 15 is 0 Å². The summed E-state index contributed by atoms with van der Waals surface area (Å²) in [6, 6.07) is 5.38. The molecule has 0 spiro atoms. The lowest BCUT2D eigenvalue weighted by Gasteiger charge is -2.69. The van der Waals surface area contributed by atoms with Crippen LogP contribution < -0.4 is 11.1 Å². The summed E-state index contributed by atoms with van der Waals surface area (Å²) < 4.78 is 6.40. The van der Waals surface area contributed by atoms with Gasteiger partial charge < -0.3 is 15.8 Å². The van der Waals surface area contributed by atoms with Crippen molar-refractivity contribution < 1.29 is 14.3 Å². The molecule has 2 aromatic rings. The minimum atomic E-state index is -0.490. The summed E-state index contributed by atoms with van der Waals surface area (Å²) in [7, 11) is 0. The Hall–Kier alpha value is -2.15. The highest BCUT2D eigenvalue weighted by atomic mass is 32.1. The molecule has 1 aromatic carbocycles. The van der Waals surface area contributed by atoms with E-state index in [0.717, 1.165) is 34.5 Å². The van der Waals surface area contributed by atoms with Crippen molar-refractivity contribution in [3.63, 3.8) is 0 Å². The number of aromatic nitrogens is 1. The van der Waals surface area contributed by atoms with E-state index < -0.39 is 11.5 Å². The monoisotopic (exact) mass is 359 g/mol. The van der Waals surface area contributed by atoms with Crippen LogP contribution in [0, 0.1) is 0 Å². The van der Waals surface area contributed by atoms with Gasteiger partial charge in [-0.05, 0) is 58.2 Å². The topological polar surface area (TPSA) is 94.3 Å². The van der Waals surface area contributed by atoms with Crippen LogP contribution in [0.15, 0.2) is 18.2 Å². The van der Waals surface area contributed by atoms with Gasteiger partial charge in [0.25, 0.3) is 0 Å². The number of nitrogens with one attached hydrogen (secondary N) is 1. The van der Waals surface area contributed by atoms with Crippen molar-refractivity contribution >= 4 is 33.6 Å². The Labute approximate surface area is 149 Å². The molecule has 2 bridgehead atoms. The summed E-state index contributed by atoms with van der Waals surface area (Å²) in [6.45, 7) is 5.58. The molecule has 3 aliphatic carbocycles. The first-order valence-corrected chi connectivity index (χ1v) is 9.14. The van der Waals surface area contributed by atoms with Gasteiger partial charge >= 0.3 is 6.09 Å². The zero-order valence-corrected chi connectivity index (χ0v) is 15.3. The number of ether oxygens (including phenoxy) is 1. The Kier molecular flexibility index (Phi) is 3.23. The van der Waals surface area contributed by atoms with Gasteiger partial charge in [0.1, 0.15) is 10.6 Å². The summed E-state index contributed by atoms with van der Waals surface area (Å²) in [6.07, 6.45) is 2.32. The van der Waals surface area contributed by atoms with Gasteiger partial charge in [0.15, 0.2) is 0 Å². The molecule has 1 heterocycles. The molecular weight excluding hydrogens is 338 g/mol. The van der Waals surface area contributed by atoms with Crippen LogP contribution in [0.3, 0.4) is 0 Å². The molecule has 0 atom stereocenters. The summed E-state index contributed by atoms with van der Waals surface area (Å²) in [5.41, 5.74) is 6.06. The van der Waals surface area contributed by atoms with Gasteiger partial charge in [-0.3, -0.25) is 4.79 Å². The average molecular weight is 359 g/mol. The van der Waals surface area contributed by atoms with Gasteiger partial charge in [0.05, 0.1) is 10.2 Å². The molecule has 7 heteroatoms. The van der Waals surface area contributed by atoms with Crippen LogP contribution in [0.25, 0.3) is 10.2 Å². The predicted molar refractivity (Wildman–Crippen MR) is 95.8 cm³/mol. The highest BCUT2D eigenvalue weighted by molar-refractivity contribution is 7.18. The zero-order valence-electron chi connectivity index (χ0n) is 14.5. The molecule has 3 saturated carbocycles. The molecule has 0 radical (unpaired) electrons. The normalized spacial score (nSPS) is 27.3. The number of carbonyl (C=O) groups is 2. The Morgan fingerprint density at radius 1 is 1.28 bits per heavy atom. The molecular formula is C18H21N3O3S. The van der Waals surface area contributed by atoms with Gasteiger partial charge in [0, 0.05) is 16.5 Å². The van der Waals surface area contributed by atoms with E-state index in [9.17, 15) is 9.59 Å². The Bertz CT molecular complexity index is 877. The van der Waals surface area contributed by atoms with E-state index in [0.29, 0.717) is 5.56 Å². The molecule has 132 valence electrons. The fourth-order valence-corrected chi connectivity index (χ4v) is 5.11. The first-order chi connectivity index (χ1) is 11.6. The SMILES string of the molecule is CC(C)(C)OC(=O)NC12CC(c3nc4cc(C(N)=O)ccc4s3)(C1)C2. The fraction of sp³-hybridized carbons (Fsp3) is 0.500. The van der Waals surface area contributed by atoms with Crippen LogP contribution >= 0.6 is 11.3 Å². The minimum absolute atomic E-state index is 0.0611. The number of alkyl carbamates (subject to hydrolysis) is 1. The second-order valence-corrected chi connectivity index (χ2v) is 9.31. The number of nitrogens with zero attached hydrogens (tertiary/aromatic N) is 1. The number of hydrogen-bond donors (Lipinski definition) is 2. The predicted octanol–water partition coefficient (Wildman–Crippen LogP) is 3.09. The van der Waals surface area contributed by atoms with Crippen molar-refractivity contribution in [3.05, 3.63) is 28.8 Å². The maximum atomic E-state index is 12.0. The lowest BCUT2D eigenvalue weighted by Crippen LogP contribution is -2.76. The van der Waals surface area contributed by atoms with Crippen molar-refractivity contribution in [1.29, 1.82) is 0 Å². The number of hydrogen-bond acceptors (Lipinski definition) is 5. The smallest absolute Gasteiger partial charge is 0.408 e. The molecule has 0 aliphatic heterocycles. The van der Waals surface area contributed by atoms with Crippen LogP contribution in [0.1, 0.15) is 55.4 Å². The number of nitrogens with two attached hydrogens (primary N) is 1. The quantitative estimate of drug-likeness (QED) is 0.880. The van der Waals surface area contributed by atoms with Crippen LogP contribution in [-0.4, -0.2) is 28.1 Å². The van der Waals surface area contributed by atoms with E-state index in [2.05, 4.69) is 5.32 Å². The lowest BCUT2D eigenvalue weighted by atomic mass is 9.39. The molecule has 25 heavy (non-hydrogen) atoms. The maximum absolute atomic E-state index is 12.0. The van der Waals surface area contributed by atoms with Crippen molar-refractivity contribution in [1.82, 2.24) is 10.3 Å². The molecule has 3 N–H and O–H groups in total. The maximum Gasteiger partial charge on any atom is 0.408 e. The molecule has 1 aromatic heterocycles. The highest BCUT2D eigenvalue weighted by Gasteiger charge is 2.70. The average Bonchev–Trinajstić information content (AvgIpc) is 2.81. The number of carbonyl (C=O) groups excluding carboxylic acids is 2. The Morgan fingerprint density at radius 2 is 1.96 bits per heavy atom. The number of benzene rings is 1. The standard InChI is InChI=1S/C18H21N3O3S/c1-16(2,3)24-15(23)21-18-7-17(8-18,9-18)14-20-11-6-10(13(19)22)4-5-12(11)25-14/h4-6H,7-9H2,1-3H3,(H2,19,22)(H,21,23). The lowest BCUT2D eigenvalue weighted by molar-refractivity contribution is -0.0883. The van der Waals surface area contributed by atoms with Crippen molar-refractivity contribution in [2.24, 2.45) is 5.73 Å². The molecule has 3 aliphatic rings. The van der Waals surface area contributed by atoms with Crippen molar-refractivity contribution in [3.8, 4) is 0 Å². The number of fused-ring (bicyclic) bond motifs is 1. The molecule has 5 rings (SSSR count). The number of thiazole rings is 1. The number of primary amides is 1. The zero-order chi connectivity index (χ0) is 18.0. The molecule has 2 amide bonds. The van der Waals surface area contributed by atoms with Crippen molar-refractivity contribution in [2.75, 3.05) is 0 Å².